The second-order valence-electron chi connectivity index (χ2n) is 16.6. The molecule has 0 saturated heterocycles. The Morgan fingerprint density at radius 3 is 2.38 bits per heavy atom. The molecular formula is C51H46FIrN4S2Si. The van der Waals surface area contributed by atoms with Crippen LogP contribution in [0.4, 0.5) is 21.5 Å². The standard InChI is InChI=1S/C34H25N3S2.C17H21FNSi.Ir/c1-19(2)21-17-18-28(30-24-9-4-7-14-29(24)38-32(21)30)37-27-13-6-5-12-26(27)36-33(37)25-11-8-10-22-23-16-15-20(3)35-34(23)39-31(22)25;1-12(2)15-10-16(13-6-8-14(18)9-7-13)19-11-17(15)20(3,4)5;/h4-10,12-19,33H,1-3H3;6,8-12H,1-5H3;/q-2;-1;+3/i3D3;12D;. The van der Waals surface area contributed by atoms with Gasteiger partial charge in [-0.05, 0) is 70.9 Å². The molecule has 5 aromatic carbocycles. The van der Waals surface area contributed by atoms with Gasteiger partial charge < -0.3 is 15.2 Å². The van der Waals surface area contributed by atoms with Gasteiger partial charge in [0.1, 0.15) is 4.83 Å². The number of aryl methyl sites for hydroxylation is 1. The summed E-state index contributed by atoms with van der Waals surface area (Å²) in [6.07, 6.45) is 1.55. The van der Waals surface area contributed by atoms with Gasteiger partial charge in [0, 0.05) is 54.7 Å². The molecule has 0 N–H and O–H groups in total. The molecule has 5 heterocycles. The van der Waals surface area contributed by atoms with Gasteiger partial charge in [0.25, 0.3) is 0 Å². The SMILES string of the molecule is [2H]C(C)(C)c1cc(-c2[c-]cc(F)cc2)ncc1[Si](C)(C)C.[2H]C([2H])([2H])c1ccc2c(n1)sc1c(C3[N-]c4ccccc4N3c3ccc(C(C)C)c4sc5ccccc5c34)[c-]ccc12.[Ir+3]. The molecule has 9 heteroatoms. The number of thiophene rings is 2. The number of rotatable bonds is 6. The van der Waals surface area contributed by atoms with Crippen molar-refractivity contribution < 1.29 is 30.0 Å². The molecule has 1 unspecified atom stereocenters. The molecule has 9 aromatic rings. The maximum Gasteiger partial charge on any atom is 3.00 e. The first-order valence-corrected chi connectivity index (χ1v) is 25.0. The summed E-state index contributed by atoms with van der Waals surface area (Å²) in [5.41, 5.74) is 8.06. The van der Waals surface area contributed by atoms with Crippen LogP contribution in [0.3, 0.4) is 0 Å². The predicted octanol–water partition coefficient (Wildman–Crippen LogP) is 15.3. The molecule has 60 heavy (non-hydrogen) atoms. The van der Waals surface area contributed by atoms with Crippen LogP contribution in [-0.2, 0) is 20.1 Å². The van der Waals surface area contributed by atoms with Gasteiger partial charge in [0.15, 0.2) is 0 Å². The molecule has 1 aliphatic heterocycles. The van der Waals surface area contributed by atoms with Gasteiger partial charge in [-0.25, -0.2) is 4.98 Å². The van der Waals surface area contributed by atoms with Crippen LogP contribution in [0.25, 0.3) is 57.0 Å². The Hall–Kier alpha value is -4.76. The number of hydrogen-bond acceptors (Lipinski definition) is 5. The molecule has 10 rings (SSSR count). The minimum absolute atomic E-state index is 0. The first-order valence-electron chi connectivity index (χ1n) is 21.8. The van der Waals surface area contributed by atoms with E-state index in [1.54, 1.807) is 12.1 Å². The van der Waals surface area contributed by atoms with Gasteiger partial charge >= 0.3 is 20.1 Å². The molecular weight excluding hydrogens is 972 g/mol. The normalized spacial score (nSPS) is 15.2. The Morgan fingerprint density at radius 1 is 0.833 bits per heavy atom. The second-order valence-corrected chi connectivity index (χ2v) is 23.7. The topological polar surface area (TPSA) is 43.1 Å². The quantitative estimate of drug-likeness (QED) is 0.123. The third-order valence-electron chi connectivity index (χ3n) is 11.0. The third-order valence-corrected chi connectivity index (χ3v) is 15.3. The summed E-state index contributed by atoms with van der Waals surface area (Å²) < 4.78 is 48.6. The van der Waals surface area contributed by atoms with E-state index in [1.165, 1.54) is 54.4 Å². The number of para-hydroxylation sites is 2. The van der Waals surface area contributed by atoms with E-state index < -0.39 is 20.8 Å². The van der Waals surface area contributed by atoms with E-state index in [4.69, 9.17) is 10.8 Å². The van der Waals surface area contributed by atoms with E-state index in [2.05, 4.69) is 115 Å². The van der Waals surface area contributed by atoms with Crippen molar-refractivity contribution in [1.29, 1.82) is 0 Å². The first kappa shape index (κ1) is 37.0. The molecule has 4 nitrogen and oxygen atoms in total. The number of fused-ring (bicyclic) bond motifs is 7. The molecule has 4 aromatic heterocycles. The zero-order chi connectivity index (χ0) is 44.6. The zero-order valence-electron chi connectivity index (χ0n) is 38.4. The molecule has 0 amide bonds. The van der Waals surface area contributed by atoms with Crippen molar-refractivity contribution >= 4 is 93.5 Å². The smallest absolute Gasteiger partial charge is 0.661 e. The molecule has 302 valence electrons. The summed E-state index contributed by atoms with van der Waals surface area (Å²) in [6, 6.07) is 41.8. The Bertz CT molecular complexity index is 3190. The fourth-order valence-corrected chi connectivity index (χ4v) is 12.2. The summed E-state index contributed by atoms with van der Waals surface area (Å²) in [6.45, 7) is 12.8. The summed E-state index contributed by atoms with van der Waals surface area (Å²) >= 11 is 3.38. The molecule has 0 fully saturated rings. The van der Waals surface area contributed by atoms with Crippen LogP contribution in [0.2, 0.25) is 19.6 Å². The monoisotopic (exact) mass is 1020 g/mol. The second kappa shape index (κ2) is 16.6. The minimum Gasteiger partial charge on any atom is -0.661 e. The molecule has 0 aliphatic carbocycles. The van der Waals surface area contributed by atoms with E-state index in [-0.39, 0.29) is 37.8 Å². The Morgan fingerprint density at radius 2 is 1.63 bits per heavy atom. The van der Waals surface area contributed by atoms with Gasteiger partial charge in [-0.3, -0.25) is 4.39 Å². The van der Waals surface area contributed by atoms with Crippen molar-refractivity contribution in [1.82, 2.24) is 9.97 Å². The van der Waals surface area contributed by atoms with Gasteiger partial charge in [0.05, 0.1) is 8.07 Å². The van der Waals surface area contributed by atoms with Crippen molar-refractivity contribution in [2.24, 2.45) is 0 Å². The predicted molar refractivity (Wildman–Crippen MR) is 254 cm³/mol. The van der Waals surface area contributed by atoms with E-state index >= 15 is 0 Å². The number of benzene rings is 5. The fourth-order valence-electron chi connectivity index (χ4n) is 8.05. The molecule has 0 saturated carbocycles. The van der Waals surface area contributed by atoms with Crippen molar-refractivity contribution in [3.63, 3.8) is 0 Å². The molecule has 1 atom stereocenters. The maximum absolute atomic E-state index is 13.0. The van der Waals surface area contributed by atoms with Crippen LogP contribution in [0.15, 0.2) is 115 Å². The van der Waals surface area contributed by atoms with Crippen LogP contribution < -0.4 is 10.1 Å². The van der Waals surface area contributed by atoms with E-state index in [0.717, 1.165) is 54.9 Å². The van der Waals surface area contributed by atoms with E-state index in [1.807, 2.05) is 61.7 Å². The summed E-state index contributed by atoms with van der Waals surface area (Å²) in [5.74, 6) is -0.597. The van der Waals surface area contributed by atoms with Crippen molar-refractivity contribution in [2.45, 2.75) is 72.2 Å². The van der Waals surface area contributed by atoms with Crippen molar-refractivity contribution in [3.05, 3.63) is 161 Å². The molecule has 0 spiro atoms. The summed E-state index contributed by atoms with van der Waals surface area (Å²) in [5, 5.41) is 11.0. The maximum atomic E-state index is 13.0. The largest absolute Gasteiger partial charge is 3.00 e. The number of pyridine rings is 2. The number of anilines is 2. The van der Waals surface area contributed by atoms with Gasteiger partial charge in [-0.2, -0.15) is 29.5 Å². The summed E-state index contributed by atoms with van der Waals surface area (Å²) in [7, 11) is -1.57. The Kier molecular flexibility index (Phi) is 10.2. The summed E-state index contributed by atoms with van der Waals surface area (Å²) in [4.78, 5) is 12.2. The van der Waals surface area contributed by atoms with Crippen LogP contribution in [0.5, 0.6) is 0 Å². The van der Waals surface area contributed by atoms with Crippen LogP contribution in [0.1, 0.15) is 73.5 Å². The molecule has 0 bridgehead atoms. The van der Waals surface area contributed by atoms with Crippen LogP contribution in [-0.4, -0.2) is 18.0 Å². The molecule has 0 radical (unpaired) electrons. The van der Waals surface area contributed by atoms with Gasteiger partial charge in [-0.15, -0.1) is 57.8 Å². The average Bonchev–Trinajstić information content (AvgIpc) is 3.94. The van der Waals surface area contributed by atoms with Crippen LogP contribution in [0, 0.1) is 24.8 Å². The number of aromatic nitrogens is 2. The van der Waals surface area contributed by atoms with E-state index in [9.17, 15) is 4.39 Å². The number of hydrogen-bond donors (Lipinski definition) is 0. The van der Waals surface area contributed by atoms with Gasteiger partial charge in [-0.1, -0.05) is 112 Å². The fraction of sp³-hybridized carbons (Fsp3) is 0.216. The Labute approximate surface area is 380 Å². The Balaban J connectivity index is 0.000000216. The zero-order valence-corrected chi connectivity index (χ0v) is 39.5. The third kappa shape index (κ3) is 7.60. The number of nitrogens with zero attached hydrogens (tertiary/aromatic N) is 4. The molecule has 1 aliphatic rings. The first-order chi connectivity index (χ1) is 29.9. The minimum atomic E-state index is -2.25. The van der Waals surface area contributed by atoms with Crippen molar-refractivity contribution in [2.75, 3.05) is 4.90 Å². The average molecular weight is 1020 g/mol. The number of halogens is 1. The van der Waals surface area contributed by atoms with Gasteiger partial charge in [0.2, 0.25) is 0 Å². The van der Waals surface area contributed by atoms with Crippen LogP contribution >= 0.6 is 22.7 Å². The van der Waals surface area contributed by atoms with Crippen molar-refractivity contribution in [3.8, 4) is 11.3 Å². The van der Waals surface area contributed by atoms with E-state index in [0.29, 0.717) is 10.7 Å².